The van der Waals surface area contributed by atoms with E-state index >= 15 is 0 Å². The number of hydrogen-bond acceptors (Lipinski definition) is 4. The summed E-state index contributed by atoms with van der Waals surface area (Å²) in [6.45, 7) is 0.633. The molecule has 35 heavy (non-hydrogen) atoms. The number of hydrogen-bond donors (Lipinski definition) is 3. The summed E-state index contributed by atoms with van der Waals surface area (Å²) in [6, 6.07) is 16.4. The van der Waals surface area contributed by atoms with Crippen molar-refractivity contribution in [3.05, 3.63) is 59.7 Å². The lowest BCUT2D eigenvalue weighted by molar-refractivity contribution is -0.140. The first-order chi connectivity index (χ1) is 16.9. The van der Waals surface area contributed by atoms with Crippen LogP contribution in [-0.4, -0.2) is 41.8 Å². The van der Waals surface area contributed by atoms with Gasteiger partial charge >= 0.3 is 12.1 Å². The molecule has 0 aliphatic heterocycles. The molecule has 7 nitrogen and oxygen atoms in total. The fourth-order valence-electron chi connectivity index (χ4n) is 5.92. The SMILES string of the molecule is O=C(O)CC1(NC(=O)CC2(CNC(=O)OCC3c4ccccc4-c4ccccc43)CCC2)CCC1. The zero-order chi connectivity index (χ0) is 24.5. The molecule has 0 bridgehead atoms. The molecule has 0 saturated heterocycles. The molecule has 3 aliphatic carbocycles. The van der Waals surface area contributed by atoms with Crippen molar-refractivity contribution in [1.29, 1.82) is 0 Å². The van der Waals surface area contributed by atoms with Gasteiger partial charge in [-0.15, -0.1) is 0 Å². The van der Waals surface area contributed by atoms with Crippen molar-refractivity contribution in [2.45, 2.75) is 62.8 Å². The van der Waals surface area contributed by atoms with Gasteiger partial charge in [0.1, 0.15) is 6.61 Å². The van der Waals surface area contributed by atoms with E-state index in [-0.39, 0.29) is 36.7 Å². The summed E-state index contributed by atoms with van der Waals surface area (Å²) in [5.74, 6) is -1.01. The van der Waals surface area contributed by atoms with Crippen LogP contribution in [0, 0.1) is 5.41 Å². The number of carboxylic acid groups (broad SMARTS) is 1. The Morgan fingerprint density at radius 3 is 2.00 bits per heavy atom. The Labute approximate surface area is 205 Å². The Bertz CT molecular complexity index is 1090. The predicted octanol–water partition coefficient (Wildman–Crippen LogP) is 4.60. The number of alkyl carbamates (subject to hydrolysis) is 1. The summed E-state index contributed by atoms with van der Waals surface area (Å²) in [7, 11) is 0. The molecule has 0 radical (unpaired) electrons. The summed E-state index contributed by atoms with van der Waals surface area (Å²) in [5.41, 5.74) is 3.81. The van der Waals surface area contributed by atoms with E-state index in [0.29, 0.717) is 19.4 Å². The molecule has 2 fully saturated rings. The van der Waals surface area contributed by atoms with Crippen LogP contribution in [0.15, 0.2) is 48.5 Å². The highest BCUT2D eigenvalue weighted by molar-refractivity contribution is 5.80. The molecular weight excluding hydrogens is 444 g/mol. The van der Waals surface area contributed by atoms with Gasteiger partial charge in [-0.05, 0) is 59.8 Å². The van der Waals surface area contributed by atoms with Crippen LogP contribution in [0.4, 0.5) is 4.79 Å². The number of carboxylic acids is 1. The maximum absolute atomic E-state index is 12.8. The molecule has 2 amide bonds. The molecule has 184 valence electrons. The highest BCUT2D eigenvalue weighted by Gasteiger charge is 2.44. The van der Waals surface area contributed by atoms with Crippen LogP contribution in [0.1, 0.15) is 68.4 Å². The Hall–Kier alpha value is -3.35. The van der Waals surface area contributed by atoms with E-state index in [9.17, 15) is 19.5 Å². The van der Waals surface area contributed by atoms with E-state index < -0.39 is 17.6 Å². The largest absolute Gasteiger partial charge is 0.481 e. The first kappa shape index (κ1) is 23.4. The molecule has 3 aliphatic rings. The number of aliphatic carboxylic acids is 1. The van der Waals surface area contributed by atoms with Gasteiger partial charge < -0.3 is 20.5 Å². The van der Waals surface area contributed by atoms with Crippen molar-refractivity contribution >= 4 is 18.0 Å². The van der Waals surface area contributed by atoms with Crippen LogP contribution in [0.3, 0.4) is 0 Å². The standard InChI is InChI=1S/C28H32N2O5/c31-24(30-28(13-6-14-28)16-25(32)33)15-27(11-5-12-27)18-29-26(34)35-17-23-21-9-3-1-7-19(21)20-8-2-4-10-22(20)23/h1-4,7-10,23H,5-6,11-18H2,(H,29,34)(H,30,31)(H,32,33). The molecule has 0 atom stereocenters. The third-order valence-electron chi connectivity index (χ3n) is 8.11. The quantitative estimate of drug-likeness (QED) is 0.491. The molecule has 3 N–H and O–H groups in total. The van der Waals surface area contributed by atoms with Crippen LogP contribution in [0.25, 0.3) is 11.1 Å². The van der Waals surface area contributed by atoms with Gasteiger partial charge in [-0.25, -0.2) is 4.79 Å². The topological polar surface area (TPSA) is 105 Å². The number of carbonyl (C=O) groups excluding carboxylic acids is 2. The van der Waals surface area contributed by atoms with Crippen LogP contribution >= 0.6 is 0 Å². The number of amides is 2. The average molecular weight is 477 g/mol. The van der Waals surface area contributed by atoms with Crippen LogP contribution in [-0.2, 0) is 14.3 Å². The van der Waals surface area contributed by atoms with Crippen molar-refractivity contribution in [3.63, 3.8) is 0 Å². The first-order valence-electron chi connectivity index (χ1n) is 12.5. The zero-order valence-electron chi connectivity index (χ0n) is 19.8. The van der Waals surface area contributed by atoms with Gasteiger partial charge in [-0.1, -0.05) is 55.0 Å². The number of benzene rings is 2. The Kier molecular flexibility index (Phi) is 6.26. The maximum atomic E-state index is 12.8. The van der Waals surface area contributed by atoms with E-state index in [2.05, 4.69) is 34.9 Å². The Balaban J connectivity index is 1.14. The summed E-state index contributed by atoms with van der Waals surface area (Å²) < 4.78 is 5.64. The van der Waals surface area contributed by atoms with Crippen LogP contribution < -0.4 is 10.6 Å². The number of carbonyl (C=O) groups is 3. The van der Waals surface area contributed by atoms with Crippen molar-refractivity contribution < 1.29 is 24.2 Å². The summed E-state index contributed by atoms with van der Waals surface area (Å²) >= 11 is 0. The minimum atomic E-state index is -0.889. The van der Waals surface area contributed by atoms with Crippen molar-refractivity contribution in [3.8, 4) is 11.1 Å². The van der Waals surface area contributed by atoms with Gasteiger partial charge in [-0.2, -0.15) is 0 Å². The number of rotatable bonds is 9. The van der Waals surface area contributed by atoms with Gasteiger partial charge in [0.15, 0.2) is 0 Å². The highest BCUT2D eigenvalue weighted by Crippen LogP contribution is 2.45. The second kappa shape index (κ2) is 9.36. The van der Waals surface area contributed by atoms with E-state index in [1.807, 2.05) is 24.3 Å². The van der Waals surface area contributed by atoms with E-state index in [0.717, 1.165) is 25.7 Å². The Morgan fingerprint density at radius 2 is 1.49 bits per heavy atom. The lowest BCUT2D eigenvalue weighted by Gasteiger charge is -2.45. The zero-order valence-corrected chi connectivity index (χ0v) is 19.8. The van der Waals surface area contributed by atoms with Crippen molar-refractivity contribution in [1.82, 2.24) is 10.6 Å². The molecular formula is C28H32N2O5. The van der Waals surface area contributed by atoms with Gasteiger partial charge in [0.2, 0.25) is 5.91 Å². The number of ether oxygens (including phenoxy) is 1. The van der Waals surface area contributed by atoms with Gasteiger partial charge in [-0.3, -0.25) is 9.59 Å². The van der Waals surface area contributed by atoms with Crippen molar-refractivity contribution in [2.24, 2.45) is 5.41 Å². The summed E-state index contributed by atoms with van der Waals surface area (Å²) in [5, 5.41) is 15.1. The minimum Gasteiger partial charge on any atom is -0.481 e. The lowest BCUT2D eigenvalue weighted by Crippen LogP contribution is -2.56. The fraction of sp³-hybridized carbons (Fsp3) is 0.464. The second-order valence-electron chi connectivity index (χ2n) is 10.5. The molecule has 2 aromatic carbocycles. The molecule has 2 saturated carbocycles. The molecule has 5 rings (SSSR count). The number of nitrogens with one attached hydrogen (secondary N) is 2. The third-order valence-corrected chi connectivity index (χ3v) is 8.11. The van der Waals surface area contributed by atoms with Gasteiger partial charge in [0, 0.05) is 18.9 Å². The van der Waals surface area contributed by atoms with E-state index in [1.54, 1.807) is 0 Å². The normalized spacial score (nSPS) is 18.9. The molecule has 0 heterocycles. The smallest absolute Gasteiger partial charge is 0.407 e. The molecule has 0 aromatic heterocycles. The highest BCUT2D eigenvalue weighted by atomic mass is 16.5. The van der Waals surface area contributed by atoms with Gasteiger partial charge in [0.05, 0.1) is 12.0 Å². The molecule has 0 spiro atoms. The molecule has 7 heteroatoms. The van der Waals surface area contributed by atoms with Crippen molar-refractivity contribution in [2.75, 3.05) is 13.2 Å². The molecule has 0 unspecified atom stereocenters. The predicted molar refractivity (Wildman–Crippen MR) is 131 cm³/mol. The average Bonchev–Trinajstić information content (AvgIpc) is 3.11. The second-order valence-corrected chi connectivity index (χ2v) is 10.5. The fourth-order valence-corrected chi connectivity index (χ4v) is 5.92. The summed E-state index contributed by atoms with van der Waals surface area (Å²) in [4.78, 5) is 36.6. The van der Waals surface area contributed by atoms with Crippen LogP contribution in [0.5, 0.6) is 0 Å². The first-order valence-corrected chi connectivity index (χ1v) is 12.5. The summed E-state index contributed by atoms with van der Waals surface area (Å²) in [6.07, 6.45) is 4.85. The van der Waals surface area contributed by atoms with E-state index in [4.69, 9.17) is 4.74 Å². The maximum Gasteiger partial charge on any atom is 0.407 e. The third kappa shape index (κ3) is 4.77. The van der Waals surface area contributed by atoms with E-state index in [1.165, 1.54) is 22.3 Å². The van der Waals surface area contributed by atoms with Gasteiger partial charge in [0.25, 0.3) is 0 Å². The monoisotopic (exact) mass is 476 g/mol. The Morgan fingerprint density at radius 1 is 0.886 bits per heavy atom. The lowest BCUT2D eigenvalue weighted by atomic mass is 9.66. The molecule has 2 aromatic rings. The van der Waals surface area contributed by atoms with Crippen LogP contribution in [0.2, 0.25) is 0 Å². The minimum absolute atomic E-state index is 0.00416. The number of fused-ring (bicyclic) bond motifs is 3.